The van der Waals surface area contributed by atoms with E-state index in [-0.39, 0.29) is 5.75 Å². The highest BCUT2D eigenvalue weighted by Gasteiger charge is 2.09. The number of aromatic hydroxyl groups is 1. The summed E-state index contributed by atoms with van der Waals surface area (Å²) in [5.74, 6) is 0.690. The maximum Gasteiger partial charge on any atom is 0.150 e. The third kappa shape index (κ3) is 2.07. The number of phenols is 1. The number of fused-ring (bicyclic) bond motifs is 1. The highest BCUT2D eigenvalue weighted by molar-refractivity contribution is 6.04. The van der Waals surface area contributed by atoms with E-state index in [2.05, 4.69) is 0 Å². The Morgan fingerprint density at radius 1 is 1.29 bits per heavy atom. The molecule has 4 heteroatoms. The number of hydrogen-bond acceptors (Lipinski definition) is 4. The monoisotopic (exact) mass is 231 g/mol. The molecule has 2 aromatic carbocycles. The third-order valence-corrected chi connectivity index (χ3v) is 2.51. The Kier molecular flexibility index (Phi) is 3.25. The number of carbonyl (C=O) groups is 1. The van der Waals surface area contributed by atoms with Gasteiger partial charge < -0.3 is 15.6 Å². The van der Waals surface area contributed by atoms with Crippen LogP contribution in [0.4, 0.5) is 0 Å². The Bertz CT molecular complexity index is 552. The Hall–Kier alpha value is -2.07. The van der Waals surface area contributed by atoms with Gasteiger partial charge >= 0.3 is 0 Å². The smallest absolute Gasteiger partial charge is 0.150 e. The van der Waals surface area contributed by atoms with E-state index in [0.29, 0.717) is 35.2 Å². The van der Waals surface area contributed by atoms with E-state index in [1.54, 1.807) is 30.3 Å². The van der Waals surface area contributed by atoms with Gasteiger partial charge in [0.05, 0.1) is 0 Å². The minimum Gasteiger partial charge on any atom is -0.507 e. The van der Waals surface area contributed by atoms with Crippen LogP contribution in [0.25, 0.3) is 10.8 Å². The first-order chi connectivity index (χ1) is 8.27. The number of ether oxygens (including phenoxy) is 1. The van der Waals surface area contributed by atoms with Crippen molar-refractivity contribution < 1.29 is 14.6 Å². The van der Waals surface area contributed by atoms with Crippen LogP contribution in [0.15, 0.2) is 30.3 Å². The maximum atomic E-state index is 10.9. The van der Waals surface area contributed by atoms with Crippen molar-refractivity contribution in [2.24, 2.45) is 5.73 Å². The molecular weight excluding hydrogens is 218 g/mol. The molecule has 2 rings (SSSR count). The Balaban J connectivity index is 2.65. The van der Waals surface area contributed by atoms with Crippen molar-refractivity contribution in [3.63, 3.8) is 0 Å². The predicted octanol–water partition coefficient (Wildman–Crippen LogP) is 1.70. The minimum absolute atomic E-state index is 0.0720. The molecule has 0 unspecified atom stereocenters. The number of hydrogen-bond donors (Lipinski definition) is 2. The lowest BCUT2D eigenvalue weighted by Crippen LogP contribution is -2.10. The molecule has 0 amide bonds. The van der Waals surface area contributed by atoms with Crippen molar-refractivity contribution in [2.45, 2.75) is 0 Å². The summed E-state index contributed by atoms with van der Waals surface area (Å²) in [6.45, 7) is 0.806. The van der Waals surface area contributed by atoms with Crippen molar-refractivity contribution in [3.05, 3.63) is 35.9 Å². The van der Waals surface area contributed by atoms with Crippen LogP contribution in [0, 0.1) is 0 Å². The summed E-state index contributed by atoms with van der Waals surface area (Å²) in [6, 6.07) is 8.39. The lowest BCUT2D eigenvalue weighted by molar-refractivity contribution is 0.112. The number of carbonyl (C=O) groups excluding carboxylic acids is 1. The minimum atomic E-state index is 0.0720. The van der Waals surface area contributed by atoms with E-state index in [1.165, 1.54) is 0 Å². The van der Waals surface area contributed by atoms with Crippen LogP contribution in [0.1, 0.15) is 10.4 Å². The van der Waals surface area contributed by atoms with Crippen molar-refractivity contribution in [1.29, 1.82) is 0 Å². The summed E-state index contributed by atoms with van der Waals surface area (Å²) >= 11 is 0. The van der Waals surface area contributed by atoms with Gasteiger partial charge in [-0.05, 0) is 18.2 Å². The lowest BCUT2D eigenvalue weighted by atomic mass is 10.0. The van der Waals surface area contributed by atoms with Gasteiger partial charge in [0.15, 0.2) is 6.29 Å². The molecule has 3 N–H and O–H groups in total. The normalized spacial score (nSPS) is 10.4. The zero-order valence-corrected chi connectivity index (χ0v) is 9.22. The van der Waals surface area contributed by atoms with Gasteiger partial charge in [-0.25, -0.2) is 0 Å². The second-order valence-electron chi connectivity index (χ2n) is 3.61. The van der Waals surface area contributed by atoms with Crippen LogP contribution in [0.5, 0.6) is 11.5 Å². The second kappa shape index (κ2) is 4.84. The van der Waals surface area contributed by atoms with E-state index in [4.69, 9.17) is 10.5 Å². The Morgan fingerprint density at radius 2 is 2.12 bits per heavy atom. The molecular formula is C13H13NO3. The van der Waals surface area contributed by atoms with Gasteiger partial charge in [0.25, 0.3) is 0 Å². The molecule has 4 nitrogen and oxygen atoms in total. The molecule has 0 saturated heterocycles. The molecule has 0 atom stereocenters. The molecule has 0 aliphatic rings. The number of rotatable bonds is 4. The molecule has 0 radical (unpaired) electrons. The average molecular weight is 231 g/mol. The largest absolute Gasteiger partial charge is 0.507 e. The fraction of sp³-hybridized carbons (Fsp3) is 0.154. The first-order valence-corrected chi connectivity index (χ1v) is 5.30. The van der Waals surface area contributed by atoms with Crippen LogP contribution in [-0.2, 0) is 0 Å². The predicted molar refractivity (Wildman–Crippen MR) is 65.5 cm³/mol. The van der Waals surface area contributed by atoms with E-state index in [0.717, 1.165) is 6.29 Å². The fourth-order valence-electron chi connectivity index (χ4n) is 1.78. The van der Waals surface area contributed by atoms with Gasteiger partial charge in [-0.2, -0.15) is 0 Å². The summed E-state index contributed by atoms with van der Waals surface area (Å²) < 4.78 is 5.47. The number of nitrogens with two attached hydrogens (primary N) is 1. The topological polar surface area (TPSA) is 72.5 Å². The van der Waals surface area contributed by atoms with Gasteiger partial charge in [-0.15, -0.1) is 0 Å². The summed E-state index contributed by atoms with van der Waals surface area (Å²) in [5.41, 5.74) is 5.82. The SMILES string of the molecule is NCCOc1ccc(C=O)c2c(O)cccc12. The Labute approximate surface area is 98.6 Å². The fourth-order valence-corrected chi connectivity index (χ4v) is 1.78. The van der Waals surface area contributed by atoms with Crippen molar-refractivity contribution in [2.75, 3.05) is 13.2 Å². The zero-order valence-electron chi connectivity index (χ0n) is 9.22. The number of benzene rings is 2. The molecule has 0 aliphatic carbocycles. The molecule has 0 spiro atoms. The maximum absolute atomic E-state index is 10.9. The van der Waals surface area contributed by atoms with Crippen LogP contribution < -0.4 is 10.5 Å². The van der Waals surface area contributed by atoms with Crippen LogP contribution in [0.3, 0.4) is 0 Å². The summed E-state index contributed by atoms with van der Waals surface area (Å²) in [6.07, 6.45) is 0.717. The summed E-state index contributed by atoms with van der Waals surface area (Å²) in [5, 5.41) is 11.0. The molecule has 88 valence electrons. The Morgan fingerprint density at radius 3 is 2.82 bits per heavy atom. The van der Waals surface area contributed by atoms with Gasteiger partial charge in [0, 0.05) is 22.9 Å². The molecule has 17 heavy (non-hydrogen) atoms. The van der Waals surface area contributed by atoms with Crippen LogP contribution in [0.2, 0.25) is 0 Å². The molecule has 0 aromatic heterocycles. The number of aldehydes is 1. The average Bonchev–Trinajstić information content (AvgIpc) is 2.36. The summed E-state index contributed by atoms with van der Waals surface area (Å²) in [7, 11) is 0. The molecule has 0 aliphatic heterocycles. The first-order valence-electron chi connectivity index (χ1n) is 5.30. The van der Waals surface area contributed by atoms with E-state index in [1.807, 2.05) is 0 Å². The molecule has 0 bridgehead atoms. The second-order valence-corrected chi connectivity index (χ2v) is 3.61. The van der Waals surface area contributed by atoms with Gasteiger partial charge in [-0.1, -0.05) is 12.1 Å². The summed E-state index contributed by atoms with van der Waals surface area (Å²) in [4.78, 5) is 10.9. The van der Waals surface area contributed by atoms with E-state index in [9.17, 15) is 9.90 Å². The van der Waals surface area contributed by atoms with Crippen molar-refractivity contribution >= 4 is 17.1 Å². The van der Waals surface area contributed by atoms with Crippen molar-refractivity contribution in [3.8, 4) is 11.5 Å². The van der Waals surface area contributed by atoms with E-state index >= 15 is 0 Å². The van der Waals surface area contributed by atoms with Crippen molar-refractivity contribution in [1.82, 2.24) is 0 Å². The third-order valence-electron chi connectivity index (χ3n) is 2.51. The molecule has 0 saturated carbocycles. The molecule has 0 heterocycles. The quantitative estimate of drug-likeness (QED) is 0.785. The standard InChI is InChI=1S/C13H13NO3/c14-6-7-17-12-5-4-9(8-15)13-10(12)2-1-3-11(13)16/h1-5,8,16H,6-7,14H2. The molecule has 0 fully saturated rings. The highest BCUT2D eigenvalue weighted by atomic mass is 16.5. The first kappa shape index (κ1) is 11.4. The van der Waals surface area contributed by atoms with Crippen LogP contribution >= 0.6 is 0 Å². The number of phenolic OH excluding ortho intramolecular Hbond substituents is 1. The van der Waals surface area contributed by atoms with Gasteiger partial charge in [-0.3, -0.25) is 4.79 Å². The molecule has 2 aromatic rings. The zero-order chi connectivity index (χ0) is 12.3. The van der Waals surface area contributed by atoms with Crippen LogP contribution in [-0.4, -0.2) is 24.5 Å². The van der Waals surface area contributed by atoms with Gasteiger partial charge in [0.1, 0.15) is 18.1 Å². The van der Waals surface area contributed by atoms with E-state index < -0.39 is 0 Å². The highest BCUT2D eigenvalue weighted by Crippen LogP contribution is 2.33. The lowest BCUT2D eigenvalue weighted by Gasteiger charge is -2.10. The van der Waals surface area contributed by atoms with Gasteiger partial charge in [0.2, 0.25) is 0 Å².